The molecule has 1 N–H and O–H groups in total. The summed E-state index contributed by atoms with van der Waals surface area (Å²) in [4.78, 5) is 16.9. The molecule has 0 unspecified atom stereocenters. The molecule has 6 heteroatoms. The lowest BCUT2D eigenvalue weighted by Gasteiger charge is -2.15. The van der Waals surface area contributed by atoms with Crippen molar-refractivity contribution in [3.63, 3.8) is 0 Å². The van der Waals surface area contributed by atoms with E-state index in [-0.39, 0.29) is 12.5 Å². The first kappa shape index (κ1) is 21.4. The van der Waals surface area contributed by atoms with Crippen LogP contribution < -0.4 is 14.8 Å². The van der Waals surface area contributed by atoms with Gasteiger partial charge in [-0.1, -0.05) is 26.0 Å². The molecule has 0 saturated heterocycles. The Morgan fingerprint density at radius 2 is 1.84 bits per heavy atom. The molecule has 0 radical (unpaired) electrons. The molecule has 6 nitrogen and oxygen atoms in total. The molecule has 4 rings (SSSR count). The summed E-state index contributed by atoms with van der Waals surface area (Å²) in [6.45, 7) is 6.16. The van der Waals surface area contributed by atoms with Gasteiger partial charge in [-0.25, -0.2) is 4.98 Å². The Bertz CT molecular complexity index is 1240. The van der Waals surface area contributed by atoms with Crippen molar-refractivity contribution in [2.45, 2.75) is 26.7 Å². The standard InChI is InChI=1S/C26H26N2O4/c1-16(2)21-11-5-17(3)13-24(21)31-15-25(29)27-19-8-6-18(7-9-19)26-28-22-14-20(30-4)10-12-23(22)32-26/h5-14,16H,15H2,1-4H3,(H,27,29). The van der Waals surface area contributed by atoms with E-state index < -0.39 is 0 Å². The third-order valence-corrected chi connectivity index (χ3v) is 5.16. The van der Waals surface area contributed by atoms with Gasteiger partial charge in [0.2, 0.25) is 5.89 Å². The average molecular weight is 431 g/mol. The average Bonchev–Trinajstić information content (AvgIpc) is 3.21. The fraction of sp³-hybridized carbons (Fsp3) is 0.231. The van der Waals surface area contributed by atoms with Gasteiger partial charge in [-0.05, 0) is 66.4 Å². The van der Waals surface area contributed by atoms with Gasteiger partial charge in [-0.3, -0.25) is 4.79 Å². The van der Waals surface area contributed by atoms with Gasteiger partial charge in [0.15, 0.2) is 12.2 Å². The molecular weight excluding hydrogens is 404 g/mol. The van der Waals surface area contributed by atoms with Crippen molar-refractivity contribution in [1.82, 2.24) is 4.98 Å². The monoisotopic (exact) mass is 430 g/mol. The minimum absolute atomic E-state index is 0.0577. The van der Waals surface area contributed by atoms with E-state index in [9.17, 15) is 4.79 Å². The second-order valence-electron chi connectivity index (χ2n) is 7.96. The van der Waals surface area contributed by atoms with Crippen molar-refractivity contribution in [2.24, 2.45) is 0 Å². The molecule has 164 valence electrons. The predicted octanol–water partition coefficient (Wildman–Crippen LogP) is 5.95. The maximum absolute atomic E-state index is 12.4. The fourth-order valence-corrected chi connectivity index (χ4v) is 3.44. The molecular formula is C26H26N2O4. The van der Waals surface area contributed by atoms with Crippen LogP contribution in [0.2, 0.25) is 0 Å². The molecule has 1 aromatic heterocycles. The Kier molecular flexibility index (Phi) is 6.12. The Morgan fingerprint density at radius 3 is 2.56 bits per heavy atom. The Hall–Kier alpha value is -3.80. The highest BCUT2D eigenvalue weighted by Crippen LogP contribution is 2.29. The predicted molar refractivity (Wildman–Crippen MR) is 125 cm³/mol. The third-order valence-electron chi connectivity index (χ3n) is 5.16. The smallest absolute Gasteiger partial charge is 0.262 e. The number of benzene rings is 3. The number of fused-ring (bicyclic) bond motifs is 1. The zero-order valence-corrected chi connectivity index (χ0v) is 18.6. The largest absolute Gasteiger partial charge is 0.497 e. The van der Waals surface area contributed by atoms with Gasteiger partial charge in [-0.2, -0.15) is 0 Å². The minimum atomic E-state index is -0.220. The topological polar surface area (TPSA) is 73.6 Å². The van der Waals surface area contributed by atoms with Gasteiger partial charge in [0.1, 0.15) is 17.0 Å². The number of nitrogens with zero attached hydrogens (tertiary/aromatic N) is 1. The Labute approximate surface area is 187 Å². The first-order chi connectivity index (χ1) is 15.4. The number of oxazole rings is 1. The molecule has 3 aromatic carbocycles. The van der Waals surface area contributed by atoms with Crippen molar-refractivity contribution in [3.8, 4) is 23.0 Å². The molecule has 0 spiro atoms. The molecule has 0 atom stereocenters. The lowest BCUT2D eigenvalue weighted by atomic mass is 10.0. The van der Waals surface area contributed by atoms with Crippen molar-refractivity contribution >= 4 is 22.7 Å². The van der Waals surface area contributed by atoms with E-state index in [4.69, 9.17) is 13.9 Å². The van der Waals surface area contributed by atoms with Crippen LogP contribution in [0.15, 0.2) is 65.1 Å². The molecule has 0 aliphatic carbocycles. The number of rotatable bonds is 7. The number of aryl methyl sites for hydroxylation is 1. The molecule has 0 aliphatic rings. The van der Waals surface area contributed by atoms with Gasteiger partial charge < -0.3 is 19.2 Å². The van der Waals surface area contributed by atoms with Crippen molar-refractivity contribution < 1.29 is 18.7 Å². The number of nitrogens with one attached hydrogen (secondary N) is 1. The van der Waals surface area contributed by atoms with Crippen LogP contribution in [0, 0.1) is 6.92 Å². The first-order valence-electron chi connectivity index (χ1n) is 10.5. The number of hydrogen-bond donors (Lipinski definition) is 1. The molecule has 32 heavy (non-hydrogen) atoms. The van der Waals surface area contributed by atoms with Crippen LogP contribution in [0.4, 0.5) is 5.69 Å². The van der Waals surface area contributed by atoms with Gasteiger partial charge in [0, 0.05) is 17.3 Å². The van der Waals surface area contributed by atoms with Crippen LogP contribution in [-0.2, 0) is 4.79 Å². The number of carbonyl (C=O) groups excluding carboxylic acids is 1. The number of anilines is 1. The van der Waals surface area contributed by atoms with Gasteiger partial charge >= 0.3 is 0 Å². The summed E-state index contributed by atoms with van der Waals surface area (Å²) in [6.07, 6.45) is 0. The highest BCUT2D eigenvalue weighted by Gasteiger charge is 2.12. The zero-order valence-electron chi connectivity index (χ0n) is 18.6. The number of carbonyl (C=O) groups is 1. The van der Waals surface area contributed by atoms with Gasteiger partial charge in [0.05, 0.1) is 7.11 Å². The molecule has 4 aromatic rings. The van der Waals surface area contributed by atoms with Crippen LogP contribution in [0.3, 0.4) is 0 Å². The summed E-state index contributed by atoms with van der Waals surface area (Å²) >= 11 is 0. The van der Waals surface area contributed by atoms with Crippen molar-refractivity contribution in [3.05, 3.63) is 71.8 Å². The number of ether oxygens (including phenoxy) is 2. The quantitative estimate of drug-likeness (QED) is 0.392. The van der Waals surface area contributed by atoms with Gasteiger partial charge in [0.25, 0.3) is 5.91 Å². The molecule has 0 saturated carbocycles. The zero-order chi connectivity index (χ0) is 22.7. The van der Waals surface area contributed by atoms with E-state index in [1.807, 2.05) is 61.5 Å². The van der Waals surface area contributed by atoms with Crippen molar-refractivity contribution in [2.75, 3.05) is 19.0 Å². The Morgan fingerprint density at radius 1 is 1.06 bits per heavy atom. The molecule has 0 bridgehead atoms. The van der Waals surface area contributed by atoms with Crippen LogP contribution >= 0.6 is 0 Å². The van der Waals surface area contributed by atoms with Crippen LogP contribution in [0.1, 0.15) is 30.9 Å². The summed E-state index contributed by atoms with van der Waals surface area (Å²) in [5.41, 5.74) is 5.09. The second kappa shape index (κ2) is 9.14. The van der Waals surface area contributed by atoms with E-state index in [1.54, 1.807) is 7.11 Å². The van der Waals surface area contributed by atoms with Crippen molar-refractivity contribution in [1.29, 1.82) is 0 Å². The maximum Gasteiger partial charge on any atom is 0.262 e. The lowest BCUT2D eigenvalue weighted by Crippen LogP contribution is -2.20. The summed E-state index contributed by atoms with van der Waals surface area (Å²) in [6, 6.07) is 18.9. The summed E-state index contributed by atoms with van der Waals surface area (Å²) in [5, 5.41) is 2.86. The lowest BCUT2D eigenvalue weighted by molar-refractivity contribution is -0.118. The minimum Gasteiger partial charge on any atom is -0.497 e. The SMILES string of the molecule is COc1ccc2oc(-c3ccc(NC(=O)COc4cc(C)ccc4C(C)C)cc3)nc2c1. The fourth-order valence-electron chi connectivity index (χ4n) is 3.44. The second-order valence-corrected chi connectivity index (χ2v) is 7.96. The maximum atomic E-state index is 12.4. The molecule has 1 heterocycles. The highest BCUT2D eigenvalue weighted by atomic mass is 16.5. The number of methoxy groups -OCH3 is 1. The molecule has 0 aliphatic heterocycles. The molecule has 1 amide bonds. The molecule has 0 fully saturated rings. The first-order valence-corrected chi connectivity index (χ1v) is 10.5. The van der Waals surface area contributed by atoms with Crippen LogP contribution in [-0.4, -0.2) is 24.6 Å². The van der Waals surface area contributed by atoms with Crippen LogP contribution in [0.25, 0.3) is 22.6 Å². The van der Waals surface area contributed by atoms with E-state index in [2.05, 4.69) is 30.2 Å². The van der Waals surface area contributed by atoms with E-state index in [0.717, 1.165) is 33.7 Å². The highest BCUT2D eigenvalue weighted by molar-refractivity contribution is 5.92. The van der Waals surface area contributed by atoms with E-state index >= 15 is 0 Å². The van der Waals surface area contributed by atoms with E-state index in [0.29, 0.717) is 23.1 Å². The summed E-state index contributed by atoms with van der Waals surface area (Å²) in [5.74, 6) is 2.08. The normalized spacial score (nSPS) is 11.0. The third kappa shape index (κ3) is 4.75. The summed E-state index contributed by atoms with van der Waals surface area (Å²) < 4.78 is 16.9. The van der Waals surface area contributed by atoms with Crippen LogP contribution in [0.5, 0.6) is 11.5 Å². The Balaban J connectivity index is 1.41. The van der Waals surface area contributed by atoms with Gasteiger partial charge in [-0.15, -0.1) is 0 Å². The number of amides is 1. The number of aromatic nitrogens is 1. The number of hydrogen-bond acceptors (Lipinski definition) is 5. The summed E-state index contributed by atoms with van der Waals surface area (Å²) in [7, 11) is 1.62. The van der Waals surface area contributed by atoms with E-state index in [1.165, 1.54) is 0 Å².